The predicted octanol–water partition coefficient (Wildman–Crippen LogP) is 5.27. The van der Waals surface area contributed by atoms with Crippen LogP contribution in [0.25, 0.3) is 0 Å². The first-order valence-corrected chi connectivity index (χ1v) is 11.9. The second kappa shape index (κ2) is 10.1. The van der Waals surface area contributed by atoms with E-state index < -0.39 is 10.0 Å². The molecular weight excluding hydrogens is 408 g/mol. The SMILES string of the molecule is Cc1ccc(N(CC(C)C)S(=O)(=O)c2ccc(COCc3ccncc3)cc2)c(C)c1. The van der Waals surface area contributed by atoms with Gasteiger partial charge in [0.15, 0.2) is 0 Å². The molecule has 0 fully saturated rings. The lowest BCUT2D eigenvalue weighted by atomic mass is 10.1. The first-order valence-electron chi connectivity index (χ1n) is 10.4. The van der Waals surface area contributed by atoms with Crippen LogP contribution in [-0.2, 0) is 28.0 Å². The number of ether oxygens (including phenoxy) is 1. The van der Waals surface area contributed by atoms with Crippen molar-refractivity contribution in [3.05, 3.63) is 89.2 Å². The fourth-order valence-electron chi connectivity index (χ4n) is 3.39. The van der Waals surface area contributed by atoms with Gasteiger partial charge in [-0.1, -0.05) is 43.7 Å². The van der Waals surface area contributed by atoms with Crippen molar-refractivity contribution in [3.8, 4) is 0 Å². The summed E-state index contributed by atoms with van der Waals surface area (Å²) in [4.78, 5) is 4.27. The van der Waals surface area contributed by atoms with E-state index in [4.69, 9.17) is 4.74 Å². The second-order valence-electron chi connectivity index (χ2n) is 8.21. The molecule has 0 spiro atoms. The summed E-state index contributed by atoms with van der Waals surface area (Å²) in [5, 5.41) is 0. The van der Waals surface area contributed by atoms with Gasteiger partial charge >= 0.3 is 0 Å². The largest absolute Gasteiger partial charge is 0.372 e. The van der Waals surface area contributed by atoms with Crippen LogP contribution < -0.4 is 4.31 Å². The first kappa shape index (κ1) is 23.0. The molecule has 0 saturated heterocycles. The molecule has 5 nitrogen and oxygen atoms in total. The maximum atomic E-state index is 13.5. The number of pyridine rings is 1. The van der Waals surface area contributed by atoms with Crippen molar-refractivity contribution in [2.24, 2.45) is 5.92 Å². The molecule has 3 aromatic rings. The lowest BCUT2D eigenvalue weighted by Gasteiger charge is -2.28. The molecule has 0 saturated carbocycles. The van der Waals surface area contributed by atoms with Crippen LogP contribution >= 0.6 is 0 Å². The van der Waals surface area contributed by atoms with Crippen molar-refractivity contribution in [3.63, 3.8) is 0 Å². The van der Waals surface area contributed by atoms with Crippen LogP contribution in [-0.4, -0.2) is 19.9 Å². The summed E-state index contributed by atoms with van der Waals surface area (Å²) < 4.78 is 34.3. The van der Waals surface area contributed by atoms with E-state index >= 15 is 0 Å². The molecule has 0 aliphatic heterocycles. The third-order valence-electron chi connectivity index (χ3n) is 4.95. The van der Waals surface area contributed by atoms with Crippen LogP contribution in [0.15, 0.2) is 71.9 Å². The molecule has 0 N–H and O–H groups in total. The van der Waals surface area contributed by atoms with E-state index in [0.717, 1.165) is 27.9 Å². The number of anilines is 1. The zero-order valence-corrected chi connectivity index (χ0v) is 19.4. The molecule has 3 rings (SSSR count). The van der Waals surface area contributed by atoms with Gasteiger partial charge in [0.25, 0.3) is 10.0 Å². The van der Waals surface area contributed by atoms with Crippen molar-refractivity contribution >= 4 is 15.7 Å². The van der Waals surface area contributed by atoms with Crippen LogP contribution in [0, 0.1) is 19.8 Å². The average Bonchev–Trinajstić information content (AvgIpc) is 2.73. The molecule has 0 aliphatic carbocycles. The number of hydrogen-bond acceptors (Lipinski definition) is 4. The van der Waals surface area contributed by atoms with Crippen molar-refractivity contribution in [1.29, 1.82) is 0 Å². The molecule has 1 aromatic heterocycles. The summed E-state index contributed by atoms with van der Waals surface area (Å²) in [6.45, 7) is 9.32. The second-order valence-corrected chi connectivity index (χ2v) is 10.1. The van der Waals surface area contributed by atoms with Crippen LogP contribution in [0.5, 0.6) is 0 Å². The summed E-state index contributed by atoms with van der Waals surface area (Å²) in [6.07, 6.45) is 3.47. The molecular formula is C25H30N2O3S. The Morgan fingerprint density at radius 3 is 2.10 bits per heavy atom. The van der Waals surface area contributed by atoms with Gasteiger partial charge in [-0.05, 0) is 66.8 Å². The molecule has 0 atom stereocenters. The number of hydrogen-bond donors (Lipinski definition) is 0. The van der Waals surface area contributed by atoms with Gasteiger partial charge in [-0.25, -0.2) is 8.42 Å². The summed E-state index contributed by atoms with van der Waals surface area (Å²) in [5.74, 6) is 0.191. The lowest BCUT2D eigenvalue weighted by molar-refractivity contribution is 0.107. The van der Waals surface area contributed by atoms with E-state index in [9.17, 15) is 8.42 Å². The highest BCUT2D eigenvalue weighted by atomic mass is 32.2. The zero-order chi connectivity index (χ0) is 22.4. The molecule has 0 aliphatic rings. The Balaban J connectivity index is 1.78. The summed E-state index contributed by atoms with van der Waals surface area (Å²) >= 11 is 0. The van der Waals surface area contributed by atoms with Gasteiger partial charge in [0.2, 0.25) is 0 Å². The Morgan fingerprint density at radius 2 is 1.52 bits per heavy atom. The quantitative estimate of drug-likeness (QED) is 0.457. The monoisotopic (exact) mass is 438 g/mol. The number of benzene rings is 2. The van der Waals surface area contributed by atoms with Crippen LogP contribution in [0.3, 0.4) is 0 Å². The summed E-state index contributed by atoms with van der Waals surface area (Å²) in [6, 6.07) is 16.6. The number of aromatic nitrogens is 1. The highest BCUT2D eigenvalue weighted by molar-refractivity contribution is 7.92. The smallest absolute Gasteiger partial charge is 0.264 e. The fourth-order valence-corrected chi connectivity index (χ4v) is 5.09. The Hall–Kier alpha value is -2.70. The van der Waals surface area contributed by atoms with E-state index in [0.29, 0.717) is 19.8 Å². The van der Waals surface area contributed by atoms with Gasteiger partial charge in [0.1, 0.15) is 0 Å². The summed E-state index contributed by atoms with van der Waals surface area (Å²) in [5.41, 5.74) is 4.76. The standard InChI is InChI=1S/C25H30N2O3S/c1-19(2)16-27(25-10-5-20(3)15-21(25)4)31(28,29)24-8-6-22(7-9-24)17-30-18-23-11-13-26-14-12-23/h5-15,19H,16-18H2,1-4H3. The van der Waals surface area contributed by atoms with E-state index in [1.165, 1.54) is 4.31 Å². The lowest BCUT2D eigenvalue weighted by Crippen LogP contribution is -2.34. The Morgan fingerprint density at radius 1 is 0.903 bits per heavy atom. The maximum absolute atomic E-state index is 13.5. The third-order valence-corrected chi connectivity index (χ3v) is 6.74. The van der Waals surface area contributed by atoms with Gasteiger partial charge < -0.3 is 4.74 Å². The zero-order valence-electron chi connectivity index (χ0n) is 18.6. The van der Waals surface area contributed by atoms with Gasteiger partial charge in [0.05, 0.1) is 23.8 Å². The minimum absolute atomic E-state index is 0.191. The van der Waals surface area contributed by atoms with Gasteiger partial charge in [-0.3, -0.25) is 9.29 Å². The van der Waals surface area contributed by atoms with E-state index in [2.05, 4.69) is 4.98 Å². The molecule has 0 amide bonds. The Kier molecular flexibility index (Phi) is 7.46. The molecule has 1 heterocycles. The van der Waals surface area contributed by atoms with Crippen molar-refractivity contribution in [1.82, 2.24) is 4.98 Å². The molecule has 31 heavy (non-hydrogen) atoms. The molecule has 0 radical (unpaired) electrons. The summed E-state index contributed by atoms with van der Waals surface area (Å²) in [7, 11) is -3.68. The van der Waals surface area contributed by atoms with Gasteiger partial charge in [0, 0.05) is 18.9 Å². The maximum Gasteiger partial charge on any atom is 0.264 e. The third kappa shape index (κ3) is 5.93. The first-order chi connectivity index (χ1) is 14.8. The fraction of sp³-hybridized carbons (Fsp3) is 0.320. The van der Waals surface area contributed by atoms with Crippen molar-refractivity contribution < 1.29 is 13.2 Å². The Bertz CT molecular complexity index is 1100. The van der Waals surface area contributed by atoms with E-state index in [-0.39, 0.29) is 10.8 Å². The average molecular weight is 439 g/mol. The predicted molar refractivity (Wildman–Crippen MR) is 124 cm³/mol. The molecule has 0 unspecified atom stereocenters. The number of rotatable bonds is 9. The molecule has 164 valence electrons. The topological polar surface area (TPSA) is 59.5 Å². The number of nitrogens with zero attached hydrogens (tertiary/aromatic N) is 2. The Labute approximate surface area is 185 Å². The number of aryl methyl sites for hydroxylation is 2. The van der Waals surface area contributed by atoms with Gasteiger partial charge in [-0.15, -0.1) is 0 Å². The minimum Gasteiger partial charge on any atom is -0.372 e. The van der Waals surface area contributed by atoms with Crippen LogP contribution in [0.2, 0.25) is 0 Å². The highest BCUT2D eigenvalue weighted by Gasteiger charge is 2.26. The minimum atomic E-state index is -3.68. The van der Waals surface area contributed by atoms with E-state index in [1.54, 1.807) is 24.5 Å². The normalized spacial score (nSPS) is 11.6. The van der Waals surface area contributed by atoms with Crippen LogP contribution in [0.4, 0.5) is 5.69 Å². The molecule has 0 bridgehead atoms. The molecule has 2 aromatic carbocycles. The molecule has 6 heteroatoms. The van der Waals surface area contributed by atoms with E-state index in [1.807, 2.05) is 70.2 Å². The number of sulfonamides is 1. The highest BCUT2D eigenvalue weighted by Crippen LogP contribution is 2.29. The van der Waals surface area contributed by atoms with Crippen molar-refractivity contribution in [2.75, 3.05) is 10.8 Å². The van der Waals surface area contributed by atoms with Gasteiger partial charge in [-0.2, -0.15) is 0 Å². The van der Waals surface area contributed by atoms with Crippen molar-refractivity contribution in [2.45, 2.75) is 45.8 Å². The van der Waals surface area contributed by atoms with Crippen LogP contribution in [0.1, 0.15) is 36.1 Å².